The van der Waals surface area contributed by atoms with Gasteiger partial charge in [0.2, 0.25) is 5.91 Å². The Morgan fingerprint density at radius 2 is 2.45 bits per heavy atom. The number of piperidine rings is 1. The van der Waals surface area contributed by atoms with Gasteiger partial charge in [-0.2, -0.15) is 0 Å². The quantitative estimate of drug-likeness (QED) is 0.648. The number of carbonyl (C=O) groups is 1. The first-order valence-electron chi connectivity index (χ1n) is 3.86. The molecule has 1 fully saturated rings. The van der Waals surface area contributed by atoms with Gasteiger partial charge in [-0.1, -0.05) is 15.9 Å². The molecule has 0 saturated carbocycles. The van der Waals surface area contributed by atoms with Crippen LogP contribution in [0.3, 0.4) is 0 Å². The minimum Gasteiger partial charge on any atom is -0.340 e. The summed E-state index contributed by atoms with van der Waals surface area (Å²) in [5.74, 6) is 0.0640. The normalized spacial score (nSPS) is 25.3. The van der Waals surface area contributed by atoms with Gasteiger partial charge in [-0.05, 0) is 12.8 Å². The first kappa shape index (κ1) is 9.00. The predicted octanol–water partition coefficient (Wildman–Crippen LogP) is 0.331. The molecule has 1 amide bonds. The van der Waals surface area contributed by atoms with Gasteiger partial charge in [0, 0.05) is 17.9 Å². The Morgan fingerprint density at radius 3 is 3.00 bits per heavy atom. The van der Waals surface area contributed by atoms with E-state index in [1.54, 1.807) is 0 Å². The van der Waals surface area contributed by atoms with E-state index in [0.29, 0.717) is 4.83 Å². The molecule has 1 saturated heterocycles. The van der Waals surface area contributed by atoms with Crippen molar-refractivity contribution in [3.8, 4) is 0 Å². The number of hydrogen-bond donors (Lipinski definition) is 1. The minimum absolute atomic E-state index is 0.0640. The van der Waals surface area contributed by atoms with Crippen molar-refractivity contribution in [1.82, 2.24) is 4.90 Å². The Labute approximate surface area is 75.1 Å². The second-order valence-corrected chi connectivity index (χ2v) is 4.08. The molecule has 0 aromatic heterocycles. The maximum Gasteiger partial charge on any atom is 0.236 e. The fourth-order valence-electron chi connectivity index (χ4n) is 1.28. The highest BCUT2D eigenvalue weighted by molar-refractivity contribution is 9.09. The van der Waals surface area contributed by atoms with Gasteiger partial charge in [0.1, 0.15) is 0 Å². The highest BCUT2D eigenvalue weighted by Crippen LogP contribution is 2.16. The number of nitrogens with zero attached hydrogens (tertiary/aromatic N) is 1. The summed E-state index contributed by atoms with van der Waals surface area (Å²) in [6.07, 6.45) is 2.25. The van der Waals surface area contributed by atoms with Crippen molar-refractivity contribution in [3.05, 3.63) is 0 Å². The lowest BCUT2D eigenvalue weighted by molar-refractivity contribution is -0.130. The van der Waals surface area contributed by atoms with Crippen LogP contribution >= 0.6 is 15.9 Å². The van der Waals surface area contributed by atoms with Crippen LogP contribution in [0.5, 0.6) is 0 Å². The van der Waals surface area contributed by atoms with Crippen molar-refractivity contribution in [2.75, 3.05) is 19.6 Å². The Morgan fingerprint density at radius 1 is 1.73 bits per heavy atom. The van der Waals surface area contributed by atoms with E-state index >= 15 is 0 Å². The number of amides is 1. The Balaban J connectivity index is 2.39. The summed E-state index contributed by atoms with van der Waals surface area (Å²) in [4.78, 5) is 13.4. The predicted molar refractivity (Wildman–Crippen MR) is 47.6 cm³/mol. The lowest BCUT2D eigenvalue weighted by Gasteiger charge is -2.29. The van der Waals surface area contributed by atoms with Gasteiger partial charge >= 0.3 is 0 Å². The van der Waals surface area contributed by atoms with Crippen LogP contribution in [0.15, 0.2) is 0 Å². The number of halogens is 1. The first-order valence-corrected chi connectivity index (χ1v) is 4.77. The molecule has 0 aromatic carbocycles. The van der Waals surface area contributed by atoms with Crippen LogP contribution in [0.25, 0.3) is 0 Å². The lowest BCUT2D eigenvalue weighted by atomic mass is 10.1. The third-order valence-corrected chi connectivity index (χ3v) is 2.64. The SMILES string of the molecule is NCC(=O)N1CCC[C@H](Br)C1. The summed E-state index contributed by atoms with van der Waals surface area (Å²) in [6.45, 7) is 1.83. The van der Waals surface area contributed by atoms with Gasteiger partial charge < -0.3 is 10.6 Å². The van der Waals surface area contributed by atoms with Crippen molar-refractivity contribution >= 4 is 21.8 Å². The van der Waals surface area contributed by atoms with E-state index in [1.165, 1.54) is 0 Å². The number of carbonyl (C=O) groups excluding carboxylic acids is 1. The molecule has 0 aromatic rings. The second kappa shape index (κ2) is 4.07. The molecule has 1 atom stereocenters. The maximum atomic E-state index is 11.1. The van der Waals surface area contributed by atoms with Gasteiger partial charge in [0.05, 0.1) is 6.54 Å². The largest absolute Gasteiger partial charge is 0.340 e. The highest BCUT2D eigenvalue weighted by atomic mass is 79.9. The minimum atomic E-state index is 0.0640. The topological polar surface area (TPSA) is 46.3 Å². The van der Waals surface area contributed by atoms with Gasteiger partial charge in [-0.3, -0.25) is 4.79 Å². The van der Waals surface area contributed by atoms with Crippen LogP contribution in [0.1, 0.15) is 12.8 Å². The Kier molecular flexibility index (Phi) is 3.33. The Bertz CT molecular complexity index is 151. The molecule has 0 radical (unpaired) electrons. The van der Waals surface area contributed by atoms with Gasteiger partial charge in [0.25, 0.3) is 0 Å². The molecule has 1 aliphatic heterocycles. The molecule has 4 heteroatoms. The average Bonchev–Trinajstić information content (AvgIpc) is 2.03. The lowest BCUT2D eigenvalue weighted by Crippen LogP contribution is -2.43. The molecule has 0 spiro atoms. The summed E-state index contributed by atoms with van der Waals surface area (Å²) in [6, 6.07) is 0. The van der Waals surface area contributed by atoms with Crippen molar-refractivity contribution in [1.29, 1.82) is 0 Å². The van der Waals surface area contributed by atoms with Gasteiger partial charge in [-0.15, -0.1) is 0 Å². The van der Waals surface area contributed by atoms with Crippen LogP contribution in [0.2, 0.25) is 0 Å². The highest BCUT2D eigenvalue weighted by Gasteiger charge is 2.20. The van der Waals surface area contributed by atoms with Crippen molar-refractivity contribution in [3.63, 3.8) is 0 Å². The summed E-state index contributed by atoms with van der Waals surface area (Å²) < 4.78 is 0. The van der Waals surface area contributed by atoms with E-state index in [0.717, 1.165) is 25.9 Å². The monoisotopic (exact) mass is 220 g/mol. The summed E-state index contributed by atoms with van der Waals surface area (Å²) in [5, 5.41) is 0. The smallest absolute Gasteiger partial charge is 0.236 e. The molecule has 64 valence electrons. The number of hydrogen-bond acceptors (Lipinski definition) is 2. The molecule has 1 rings (SSSR count). The zero-order chi connectivity index (χ0) is 8.27. The molecule has 0 aliphatic carbocycles. The number of alkyl halides is 1. The van der Waals surface area contributed by atoms with E-state index < -0.39 is 0 Å². The van der Waals surface area contributed by atoms with E-state index in [2.05, 4.69) is 15.9 Å². The number of nitrogens with two attached hydrogens (primary N) is 1. The fourth-order valence-corrected chi connectivity index (χ4v) is 1.95. The van der Waals surface area contributed by atoms with E-state index in [9.17, 15) is 4.79 Å². The van der Waals surface area contributed by atoms with E-state index in [4.69, 9.17) is 5.73 Å². The van der Waals surface area contributed by atoms with E-state index in [-0.39, 0.29) is 12.5 Å². The van der Waals surface area contributed by atoms with Crippen molar-refractivity contribution < 1.29 is 4.79 Å². The summed E-state index contributed by atoms with van der Waals surface area (Å²) >= 11 is 3.49. The fraction of sp³-hybridized carbons (Fsp3) is 0.857. The molecular weight excluding hydrogens is 208 g/mol. The van der Waals surface area contributed by atoms with Crippen LogP contribution in [-0.4, -0.2) is 35.3 Å². The van der Waals surface area contributed by atoms with E-state index in [1.807, 2.05) is 4.90 Å². The standard InChI is InChI=1S/C7H13BrN2O/c8-6-2-1-3-10(5-6)7(11)4-9/h6H,1-5,9H2/t6-/m0/s1. The molecule has 0 bridgehead atoms. The molecule has 1 aliphatic rings. The molecule has 11 heavy (non-hydrogen) atoms. The summed E-state index contributed by atoms with van der Waals surface area (Å²) in [7, 11) is 0. The molecule has 1 heterocycles. The summed E-state index contributed by atoms with van der Waals surface area (Å²) in [5.41, 5.74) is 5.24. The van der Waals surface area contributed by atoms with Crippen LogP contribution in [-0.2, 0) is 4.79 Å². The number of likely N-dealkylation sites (tertiary alicyclic amines) is 1. The van der Waals surface area contributed by atoms with Crippen molar-refractivity contribution in [2.24, 2.45) is 5.73 Å². The van der Waals surface area contributed by atoms with Crippen LogP contribution in [0, 0.1) is 0 Å². The molecule has 0 unspecified atom stereocenters. The van der Waals surface area contributed by atoms with Gasteiger partial charge in [-0.25, -0.2) is 0 Å². The third kappa shape index (κ3) is 2.45. The maximum absolute atomic E-state index is 11.1. The molecular formula is C7H13BrN2O. The average molecular weight is 221 g/mol. The first-order chi connectivity index (χ1) is 5.24. The van der Waals surface area contributed by atoms with Crippen molar-refractivity contribution in [2.45, 2.75) is 17.7 Å². The van der Waals surface area contributed by atoms with Crippen LogP contribution in [0.4, 0.5) is 0 Å². The van der Waals surface area contributed by atoms with Gasteiger partial charge in [0.15, 0.2) is 0 Å². The molecule has 3 nitrogen and oxygen atoms in total. The third-order valence-electron chi connectivity index (χ3n) is 1.89. The Hall–Kier alpha value is -0.0900. The van der Waals surface area contributed by atoms with Crippen LogP contribution < -0.4 is 5.73 Å². The zero-order valence-electron chi connectivity index (χ0n) is 6.42. The number of rotatable bonds is 1. The molecule has 2 N–H and O–H groups in total. The second-order valence-electron chi connectivity index (χ2n) is 2.78. The zero-order valence-corrected chi connectivity index (χ0v) is 8.01.